The normalized spacial score (nSPS) is 13.4. The zero-order valence-electron chi connectivity index (χ0n) is 15.0. The van der Waals surface area contributed by atoms with Crippen molar-refractivity contribution < 1.29 is 0 Å². The number of hydrogen-bond acceptors (Lipinski definition) is 4. The summed E-state index contributed by atoms with van der Waals surface area (Å²) in [7, 11) is 0. The number of para-hydroxylation sites is 1. The van der Waals surface area contributed by atoms with Gasteiger partial charge in [-0.15, -0.1) is 0 Å². The van der Waals surface area contributed by atoms with E-state index >= 15 is 0 Å². The van der Waals surface area contributed by atoms with Crippen LogP contribution in [0.3, 0.4) is 0 Å². The van der Waals surface area contributed by atoms with Gasteiger partial charge >= 0.3 is 0 Å². The Morgan fingerprint density at radius 2 is 1.93 bits per heavy atom. The Kier molecular flexibility index (Phi) is 4.34. The molecule has 0 saturated carbocycles. The van der Waals surface area contributed by atoms with Gasteiger partial charge in [0, 0.05) is 23.9 Å². The number of fused-ring (bicyclic) bond motifs is 1. The van der Waals surface area contributed by atoms with Gasteiger partial charge in [-0.3, -0.25) is 9.36 Å². The quantitative estimate of drug-likeness (QED) is 0.741. The Bertz CT molecular complexity index is 1150. The number of hydrogen-bond donors (Lipinski definition) is 2. The van der Waals surface area contributed by atoms with Crippen molar-refractivity contribution in [2.24, 2.45) is 0 Å². The minimum atomic E-state index is -0.112. The highest BCUT2D eigenvalue weighted by Crippen LogP contribution is 2.25. The molecular weight excluding hydrogens is 336 g/mol. The number of anilines is 2. The van der Waals surface area contributed by atoms with E-state index in [9.17, 15) is 4.79 Å². The van der Waals surface area contributed by atoms with Gasteiger partial charge in [-0.1, -0.05) is 42.5 Å². The predicted molar refractivity (Wildman–Crippen MR) is 111 cm³/mol. The first-order chi connectivity index (χ1) is 13.1. The topological polar surface area (TPSA) is 72.9 Å². The van der Waals surface area contributed by atoms with Gasteiger partial charge in [0.25, 0.3) is 0 Å². The Hall–Kier alpha value is -3.60. The van der Waals surface area contributed by atoms with Gasteiger partial charge in [-0.25, -0.2) is 4.98 Å². The SMILES string of the molecule is Cc1nc2c(cc1N)c(=O)cc(NC1=CC=CC=CC1)n2-c1ccccc1. The zero-order valence-corrected chi connectivity index (χ0v) is 15.0. The minimum absolute atomic E-state index is 0.112. The molecule has 1 aliphatic rings. The number of nitrogens with two attached hydrogens (primary N) is 1. The van der Waals surface area contributed by atoms with Crippen LogP contribution in [0.4, 0.5) is 11.5 Å². The first-order valence-electron chi connectivity index (χ1n) is 8.81. The summed E-state index contributed by atoms with van der Waals surface area (Å²) in [5.74, 6) is 0.672. The molecule has 3 aromatic rings. The largest absolute Gasteiger partial charge is 0.397 e. The lowest BCUT2D eigenvalue weighted by Crippen LogP contribution is -2.16. The number of aryl methyl sites for hydroxylation is 1. The van der Waals surface area contributed by atoms with Crippen molar-refractivity contribution in [2.45, 2.75) is 13.3 Å². The van der Waals surface area contributed by atoms with Crippen LogP contribution in [0.25, 0.3) is 16.7 Å². The second kappa shape index (κ2) is 6.96. The van der Waals surface area contributed by atoms with Crippen molar-refractivity contribution in [3.05, 3.63) is 94.5 Å². The molecule has 1 aromatic carbocycles. The van der Waals surface area contributed by atoms with Gasteiger partial charge < -0.3 is 11.1 Å². The zero-order chi connectivity index (χ0) is 18.8. The first-order valence-corrected chi connectivity index (χ1v) is 8.81. The second-order valence-corrected chi connectivity index (χ2v) is 6.43. The first kappa shape index (κ1) is 16.8. The van der Waals surface area contributed by atoms with Crippen molar-refractivity contribution in [1.82, 2.24) is 9.55 Å². The molecule has 27 heavy (non-hydrogen) atoms. The Morgan fingerprint density at radius 3 is 2.74 bits per heavy atom. The molecule has 5 nitrogen and oxygen atoms in total. The second-order valence-electron chi connectivity index (χ2n) is 6.43. The molecule has 0 bridgehead atoms. The van der Waals surface area contributed by atoms with Crippen molar-refractivity contribution in [3.8, 4) is 5.69 Å². The molecule has 134 valence electrons. The predicted octanol–water partition coefficient (Wildman–Crippen LogP) is 4.09. The lowest BCUT2D eigenvalue weighted by Gasteiger charge is -2.19. The van der Waals surface area contributed by atoms with Gasteiger partial charge in [0.1, 0.15) is 11.5 Å². The van der Waals surface area contributed by atoms with E-state index in [4.69, 9.17) is 5.73 Å². The molecule has 2 aromatic heterocycles. The molecule has 0 spiro atoms. The lowest BCUT2D eigenvalue weighted by atomic mass is 10.2. The van der Waals surface area contributed by atoms with Crippen LogP contribution < -0.4 is 16.5 Å². The number of allylic oxidation sites excluding steroid dienone is 5. The highest BCUT2D eigenvalue weighted by Gasteiger charge is 2.14. The third kappa shape index (κ3) is 3.27. The molecule has 0 radical (unpaired) electrons. The number of nitrogen functional groups attached to an aromatic ring is 1. The summed E-state index contributed by atoms with van der Waals surface area (Å²) in [5, 5.41) is 3.91. The van der Waals surface area contributed by atoms with Gasteiger partial charge in [0.05, 0.1) is 16.8 Å². The maximum absolute atomic E-state index is 12.8. The summed E-state index contributed by atoms with van der Waals surface area (Å²) in [6, 6.07) is 13.2. The summed E-state index contributed by atoms with van der Waals surface area (Å²) < 4.78 is 1.96. The summed E-state index contributed by atoms with van der Waals surface area (Å²) in [6.45, 7) is 1.85. The van der Waals surface area contributed by atoms with Crippen molar-refractivity contribution in [1.29, 1.82) is 0 Å². The monoisotopic (exact) mass is 356 g/mol. The van der Waals surface area contributed by atoms with Crippen LogP contribution in [0.5, 0.6) is 0 Å². The van der Waals surface area contributed by atoms with Crippen LogP contribution >= 0.6 is 0 Å². The fraction of sp³-hybridized carbons (Fsp3) is 0.0909. The fourth-order valence-corrected chi connectivity index (χ4v) is 3.11. The molecule has 0 fully saturated rings. The number of nitrogens with one attached hydrogen (secondary N) is 1. The van der Waals surface area contributed by atoms with Gasteiger partial charge in [-0.2, -0.15) is 0 Å². The summed E-state index contributed by atoms with van der Waals surface area (Å²) in [4.78, 5) is 17.4. The number of aromatic nitrogens is 2. The molecule has 5 heteroatoms. The van der Waals surface area contributed by atoms with E-state index in [2.05, 4.69) is 16.4 Å². The summed E-state index contributed by atoms with van der Waals surface area (Å²) in [5.41, 5.74) is 9.60. The highest BCUT2D eigenvalue weighted by atomic mass is 16.1. The van der Waals surface area contributed by atoms with E-state index in [1.54, 1.807) is 12.1 Å². The van der Waals surface area contributed by atoms with Crippen LogP contribution in [-0.4, -0.2) is 9.55 Å². The number of benzene rings is 1. The maximum Gasteiger partial charge on any atom is 0.193 e. The maximum atomic E-state index is 12.8. The molecule has 0 saturated heterocycles. The van der Waals surface area contributed by atoms with E-state index < -0.39 is 0 Å². The van der Waals surface area contributed by atoms with Crippen LogP contribution in [0, 0.1) is 6.92 Å². The van der Waals surface area contributed by atoms with Crippen molar-refractivity contribution in [3.63, 3.8) is 0 Å². The molecule has 2 heterocycles. The number of rotatable bonds is 3. The van der Waals surface area contributed by atoms with Crippen molar-refractivity contribution in [2.75, 3.05) is 11.1 Å². The van der Waals surface area contributed by atoms with E-state index in [0.29, 0.717) is 28.2 Å². The van der Waals surface area contributed by atoms with Crippen LogP contribution in [-0.2, 0) is 0 Å². The third-order valence-corrected chi connectivity index (χ3v) is 4.51. The Balaban J connectivity index is 1.99. The molecule has 0 unspecified atom stereocenters. The summed E-state index contributed by atoms with van der Waals surface area (Å²) in [6.07, 6.45) is 10.8. The molecule has 3 N–H and O–H groups in total. The van der Waals surface area contributed by atoms with E-state index in [1.807, 2.05) is 66.1 Å². The van der Waals surface area contributed by atoms with E-state index in [-0.39, 0.29) is 5.43 Å². The third-order valence-electron chi connectivity index (χ3n) is 4.51. The molecule has 0 atom stereocenters. The lowest BCUT2D eigenvalue weighted by molar-refractivity contribution is 1.04. The van der Waals surface area contributed by atoms with Gasteiger partial charge in [-0.05, 0) is 31.2 Å². The molecule has 0 amide bonds. The van der Waals surface area contributed by atoms with Gasteiger partial charge in [0.15, 0.2) is 5.43 Å². The molecule has 4 rings (SSSR count). The van der Waals surface area contributed by atoms with Crippen LogP contribution in [0.1, 0.15) is 12.1 Å². The minimum Gasteiger partial charge on any atom is -0.397 e. The number of pyridine rings is 2. The standard InChI is InChI=1S/C22H20N4O/c1-15-19(23)13-18-20(27)14-21(25-16-9-5-2-3-6-10-16)26(22(18)24-15)17-11-7-4-8-12-17/h2-9,11-14,25H,10,23H2,1H3. The average molecular weight is 356 g/mol. The summed E-state index contributed by atoms with van der Waals surface area (Å²) >= 11 is 0. The van der Waals surface area contributed by atoms with E-state index in [0.717, 1.165) is 17.8 Å². The number of nitrogens with zero attached hydrogens (tertiary/aromatic N) is 2. The van der Waals surface area contributed by atoms with Crippen LogP contribution in [0.15, 0.2) is 83.3 Å². The molecule has 0 aliphatic heterocycles. The highest BCUT2D eigenvalue weighted by molar-refractivity contribution is 5.83. The van der Waals surface area contributed by atoms with E-state index in [1.165, 1.54) is 0 Å². The van der Waals surface area contributed by atoms with Crippen LogP contribution in [0.2, 0.25) is 0 Å². The Morgan fingerprint density at radius 1 is 1.11 bits per heavy atom. The van der Waals surface area contributed by atoms with Gasteiger partial charge in [0.2, 0.25) is 0 Å². The molecule has 1 aliphatic carbocycles. The smallest absolute Gasteiger partial charge is 0.193 e. The molecular formula is C22H20N4O. The van der Waals surface area contributed by atoms with Crippen molar-refractivity contribution >= 4 is 22.5 Å². The Labute approximate surface area is 157 Å². The average Bonchev–Trinajstić information content (AvgIpc) is 2.93. The fourth-order valence-electron chi connectivity index (χ4n) is 3.11.